The van der Waals surface area contributed by atoms with Crippen molar-refractivity contribution in [1.29, 1.82) is 0 Å². The molecule has 0 aliphatic carbocycles. The Kier molecular flexibility index (Phi) is 4.04. The highest BCUT2D eigenvalue weighted by molar-refractivity contribution is 7.89. The molecule has 0 aliphatic heterocycles. The molecule has 0 fully saturated rings. The minimum atomic E-state index is -5.03. The van der Waals surface area contributed by atoms with Gasteiger partial charge in [0, 0.05) is 4.90 Å². The first-order chi connectivity index (χ1) is 8.24. The largest absolute Gasteiger partial charge is 0.295 e. The van der Waals surface area contributed by atoms with Crippen LogP contribution in [0.25, 0.3) is 0 Å². The Morgan fingerprint density at radius 1 is 0.737 bits per heavy atom. The predicted octanol–water partition coefficient (Wildman–Crippen LogP) is -0.285. The molecule has 0 aromatic heterocycles. The van der Waals surface area contributed by atoms with Crippen LogP contribution in [0.15, 0.2) is 31.7 Å². The van der Waals surface area contributed by atoms with E-state index in [-0.39, 0.29) is 0 Å². The average molecular weight is 350 g/mol. The molecule has 0 atom stereocenters. The van der Waals surface area contributed by atoms with Crippen LogP contribution in [-0.4, -0.2) is 38.9 Å². The fraction of sp³-hybridized carbons (Fsp3) is 0. The summed E-state index contributed by atoms with van der Waals surface area (Å²) in [4.78, 5) is -4.43. The second kappa shape index (κ2) is 4.69. The van der Waals surface area contributed by atoms with Gasteiger partial charge in [0.25, 0.3) is 30.4 Å². The molecule has 0 unspecified atom stereocenters. The lowest BCUT2D eigenvalue weighted by atomic mass is 10.3. The van der Waals surface area contributed by atoms with Gasteiger partial charge in [0.15, 0.2) is 0 Å². The van der Waals surface area contributed by atoms with E-state index in [9.17, 15) is 25.3 Å². The summed E-state index contributed by atoms with van der Waals surface area (Å²) in [5.41, 5.74) is 0. The topological polar surface area (TPSA) is 163 Å². The molecular formula is C6H6O9S4. The van der Waals surface area contributed by atoms with E-state index in [1.54, 1.807) is 0 Å². The lowest BCUT2D eigenvalue weighted by Crippen LogP contribution is -2.09. The third kappa shape index (κ3) is 3.65. The van der Waals surface area contributed by atoms with Crippen LogP contribution >= 0.6 is 12.6 Å². The van der Waals surface area contributed by atoms with Crippen LogP contribution in [0.5, 0.6) is 0 Å². The maximum atomic E-state index is 11.0. The fourth-order valence-corrected chi connectivity index (χ4v) is 3.93. The summed E-state index contributed by atoms with van der Waals surface area (Å²) in [6.45, 7) is 0. The molecule has 0 aliphatic rings. The standard InChI is InChI=1S/C6H6O9S4/c7-17(8,9)3-1-4(18(10,11)12)6(16)5(2-3)19(13,14)15/h1-2,16H,(H,7,8,9)(H,10,11,12)(H,13,14,15). The number of hydrogen-bond donors (Lipinski definition) is 4. The van der Waals surface area contributed by atoms with Crippen molar-refractivity contribution in [3.05, 3.63) is 12.1 Å². The van der Waals surface area contributed by atoms with E-state index in [1.807, 2.05) is 0 Å². The maximum Gasteiger partial charge on any atom is 0.295 e. The normalized spacial score (nSPS) is 13.5. The van der Waals surface area contributed by atoms with Gasteiger partial charge in [0.1, 0.15) is 9.79 Å². The maximum absolute atomic E-state index is 11.0. The Morgan fingerprint density at radius 3 is 1.26 bits per heavy atom. The number of hydrogen-bond acceptors (Lipinski definition) is 7. The first-order valence-electron chi connectivity index (χ1n) is 4.04. The van der Waals surface area contributed by atoms with Gasteiger partial charge < -0.3 is 0 Å². The molecule has 1 aromatic carbocycles. The van der Waals surface area contributed by atoms with Gasteiger partial charge in [-0.25, -0.2) is 0 Å². The van der Waals surface area contributed by atoms with Crippen molar-refractivity contribution in [1.82, 2.24) is 0 Å². The predicted molar refractivity (Wildman–Crippen MR) is 63.1 cm³/mol. The molecule has 9 nitrogen and oxygen atoms in total. The van der Waals surface area contributed by atoms with Gasteiger partial charge in [0.05, 0.1) is 4.90 Å². The van der Waals surface area contributed by atoms with E-state index in [1.165, 1.54) is 0 Å². The molecule has 0 saturated heterocycles. The molecule has 1 aromatic rings. The highest BCUT2D eigenvalue weighted by atomic mass is 32.2. The van der Waals surface area contributed by atoms with Gasteiger partial charge in [-0.2, -0.15) is 25.3 Å². The van der Waals surface area contributed by atoms with Crippen molar-refractivity contribution in [3.8, 4) is 0 Å². The first kappa shape index (κ1) is 16.4. The molecule has 0 saturated carbocycles. The molecule has 3 N–H and O–H groups in total. The second-order valence-electron chi connectivity index (χ2n) is 3.19. The first-order valence-corrected chi connectivity index (χ1v) is 8.81. The second-order valence-corrected chi connectivity index (χ2v) is 7.84. The van der Waals surface area contributed by atoms with Gasteiger partial charge in [-0.05, 0) is 12.1 Å². The molecule has 0 radical (unpaired) electrons. The molecule has 13 heteroatoms. The monoisotopic (exact) mass is 350 g/mol. The number of thiol groups is 1. The average Bonchev–Trinajstić information content (AvgIpc) is 2.11. The van der Waals surface area contributed by atoms with Crippen molar-refractivity contribution < 1.29 is 38.9 Å². The Balaban J connectivity index is 4.00. The minimum absolute atomic E-state index is 0.293. The third-order valence-electron chi connectivity index (χ3n) is 1.87. The molecule has 0 amide bonds. The van der Waals surface area contributed by atoms with Crippen molar-refractivity contribution in [3.63, 3.8) is 0 Å². The van der Waals surface area contributed by atoms with E-state index in [4.69, 9.17) is 13.7 Å². The van der Waals surface area contributed by atoms with Gasteiger partial charge in [-0.15, -0.1) is 12.6 Å². The zero-order valence-electron chi connectivity index (χ0n) is 8.62. The molecule has 0 bridgehead atoms. The molecule has 0 spiro atoms. The Morgan fingerprint density at radius 2 is 1.05 bits per heavy atom. The minimum Gasteiger partial charge on any atom is -0.282 e. The Bertz CT molecular complexity index is 778. The van der Waals surface area contributed by atoms with E-state index in [0.717, 1.165) is 0 Å². The summed E-state index contributed by atoms with van der Waals surface area (Å²) in [6, 6.07) is 0.587. The van der Waals surface area contributed by atoms with Crippen molar-refractivity contribution >= 4 is 43.0 Å². The van der Waals surface area contributed by atoms with E-state index in [0.29, 0.717) is 12.1 Å². The van der Waals surface area contributed by atoms with E-state index in [2.05, 4.69) is 12.6 Å². The zero-order chi connectivity index (χ0) is 15.2. The lowest BCUT2D eigenvalue weighted by molar-refractivity contribution is 0.474. The van der Waals surface area contributed by atoms with Crippen LogP contribution in [0, 0.1) is 0 Å². The van der Waals surface area contributed by atoms with Crippen molar-refractivity contribution in [2.24, 2.45) is 0 Å². The van der Waals surface area contributed by atoms with Crippen molar-refractivity contribution in [2.75, 3.05) is 0 Å². The van der Waals surface area contributed by atoms with Crippen LogP contribution in [0.2, 0.25) is 0 Å². The van der Waals surface area contributed by atoms with Gasteiger partial charge in [0.2, 0.25) is 0 Å². The smallest absolute Gasteiger partial charge is 0.282 e. The quantitative estimate of drug-likeness (QED) is 0.424. The fourth-order valence-electron chi connectivity index (χ4n) is 1.10. The summed E-state index contributed by atoms with van der Waals surface area (Å²) in [5, 5.41) is 0. The Hall–Kier alpha value is -0.700. The van der Waals surface area contributed by atoms with Gasteiger partial charge in [-0.1, -0.05) is 0 Å². The van der Waals surface area contributed by atoms with Crippen LogP contribution < -0.4 is 0 Å². The van der Waals surface area contributed by atoms with E-state index >= 15 is 0 Å². The molecule has 108 valence electrons. The van der Waals surface area contributed by atoms with Gasteiger partial charge in [-0.3, -0.25) is 13.7 Å². The number of rotatable bonds is 3. The summed E-state index contributed by atoms with van der Waals surface area (Å²) in [5.74, 6) is 0. The summed E-state index contributed by atoms with van der Waals surface area (Å²) < 4.78 is 92.0. The van der Waals surface area contributed by atoms with Crippen LogP contribution in [0.3, 0.4) is 0 Å². The zero-order valence-corrected chi connectivity index (χ0v) is 12.0. The molecule has 0 heterocycles. The van der Waals surface area contributed by atoms with Crippen LogP contribution in [0.4, 0.5) is 0 Å². The highest BCUT2D eigenvalue weighted by Gasteiger charge is 2.27. The highest BCUT2D eigenvalue weighted by Crippen LogP contribution is 2.30. The lowest BCUT2D eigenvalue weighted by Gasteiger charge is -2.08. The van der Waals surface area contributed by atoms with Crippen LogP contribution in [-0.2, 0) is 30.4 Å². The van der Waals surface area contributed by atoms with Gasteiger partial charge >= 0.3 is 0 Å². The van der Waals surface area contributed by atoms with E-state index < -0.39 is 49.9 Å². The molecule has 19 heavy (non-hydrogen) atoms. The SMILES string of the molecule is O=S(=O)(O)c1cc(S(=O)(=O)O)c(S)c(S(=O)(=O)O)c1. The van der Waals surface area contributed by atoms with Crippen LogP contribution in [0.1, 0.15) is 0 Å². The molecule has 1 rings (SSSR count). The molecular weight excluding hydrogens is 344 g/mol. The summed E-state index contributed by atoms with van der Waals surface area (Å²) in [7, 11) is -15.0. The van der Waals surface area contributed by atoms with Crippen molar-refractivity contribution in [2.45, 2.75) is 19.6 Å². The summed E-state index contributed by atoms with van der Waals surface area (Å²) in [6.07, 6.45) is 0. The summed E-state index contributed by atoms with van der Waals surface area (Å²) >= 11 is 3.49. The third-order valence-corrected chi connectivity index (χ3v) is 5.24. The number of benzene rings is 1. The Labute approximate surface area is 113 Å².